The van der Waals surface area contributed by atoms with Crippen LogP contribution < -0.4 is 0 Å². The molecule has 0 saturated heterocycles. The largest absolute Gasteiger partial charge is 0.0651 e. The molecule has 1 unspecified atom stereocenters. The molecule has 0 fully saturated rings. The Morgan fingerprint density at radius 3 is 1.71 bits per heavy atom. The van der Waals surface area contributed by atoms with Gasteiger partial charge in [0.15, 0.2) is 0 Å². The van der Waals surface area contributed by atoms with Crippen LogP contribution in [0.3, 0.4) is 0 Å². The molecule has 1 atom stereocenters. The van der Waals surface area contributed by atoms with Crippen LogP contribution in [0.4, 0.5) is 0 Å². The fraction of sp³-hybridized carbons (Fsp3) is 1.00. The molecule has 0 amide bonds. The van der Waals surface area contributed by atoms with E-state index in [2.05, 4.69) is 48.5 Å². The zero-order valence-electron chi connectivity index (χ0n) is 11.4. The minimum atomic E-state index is 0.521. The molecule has 0 aromatic heterocycles. The second kappa shape index (κ2) is 5.78. The quantitative estimate of drug-likeness (QED) is 0.555. The number of hydrogen-bond donors (Lipinski definition) is 0. The van der Waals surface area contributed by atoms with Crippen LogP contribution in [-0.2, 0) is 0 Å². The highest BCUT2D eigenvalue weighted by molar-refractivity contribution is 4.79. The van der Waals surface area contributed by atoms with E-state index < -0.39 is 0 Å². The van der Waals surface area contributed by atoms with Crippen LogP contribution in [-0.4, -0.2) is 0 Å². The van der Waals surface area contributed by atoms with E-state index in [1.54, 1.807) is 0 Å². The molecule has 0 N–H and O–H groups in total. The van der Waals surface area contributed by atoms with Gasteiger partial charge in [0.05, 0.1) is 0 Å². The van der Waals surface area contributed by atoms with Crippen LogP contribution in [0.1, 0.15) is 67.7 Å². The lowest BCUT2D eigenvalue weighted by atomic mass is 9.69. The Balaban J connectivity index is 4.32. The first-order valence-corrected chi connectivity index (χ1v) is 6.29. The summed E-state index contributed by atoms with van der Waals surface area (Å²) in [4.78, 5) is 0. The summed E-state index contributed by atoms with van der Waals surface area (Å²) < 4.78 is 0. The van der Waals surface area contributed by atoms with Crippen LogP contribution in [0.2, 0.25) is 0 Å². The number of hydrogen-bond acceptors (Lipinski definition) is 0. The van der Waals surface area contributed by atoms with E-state index in [9.17, 15) is 0 Å². The minimum Gasteiger partial charge on any atom is -0.0651 e. The first kappa shape index (κ1) is 14.0. The van der Waals surface area contributed by atoms with Crippen LogP contribution in [0.15, 0.2) is 0 Å². The van der Waals surface area contributed by atoms with Gasteiger partial charge in [0.1, 0.15) is 0 Å². The fourth-order valence-corrected chi connectivity index (χ4v) is 2.83. The van der Waals surface area contributed by atoms with E-state index in [1.807, 2.05) is 0 Å². The van der Waals surface area contributed by atoms with Gasteiger partial charge in [0, 0.05) is 0 Å². The van der Waals surface area contributed by atoms with Crippen LogP contribution in [0, 0.1) is 23.2 Å². The van der Waals surface area contributed by atoms with Crippen molar-refractivity contribution in [3.63, 3.8) is 0 Å². The molecule has 0 radical (unpaired) electrons. The molecule has 0 aliphatic heterocycles. The third-order valence-corrected chi connectivity index (χ3v) is 3.29. The minimum absolute atomic E-state index is 0.521. The van der Waals surface area contributed by atoms with Gasteiger partial charge in [-0.15, -0.1) is 0 Å². The molecule has 0 heterocycles. The summed E-state index contributed by atoms with van der Waals surface area (Å²) in [5.41, 5.74) is 0.521. The summed E-state index contributed by atoms with van der Waals surface area (Å²) in [6, 6.07) is 0. The summed E-state index contributed by atoms with van der Waals surface area (Å²) in [5.74, 6) is 2.56. The average Bonchev–Trinajstić information content (AvgIpc) is 1.96. The van der Waals surface area contributed by atoms with Crippen molar-refractivity contribution in [2.45, 2.75) is 67.7 Å². The van der Waals surface area contributed by atoms with Crippen molar-refractivity contribution in [2.75, 3.05) is 0 Å². The number of rotatable bonds is 6. The lowest BCUT2D eigenvalue weighted by molar-refractivity contribution is 0.142. The van der Waals surface area contributed by atoms with Gasteiger partial charge in [-0.05, 0) is 36.0 Å². The Morgan fingerprint density at radius 2 is 1.43 bits per heavy atom. The van der Waals surface area contributed by atoms with Gasteiger partial charge in [-0.3, -0.25) is 0 Å². The topological polar surface area (TPSA) is 0 Å². The lowest BCUT2D eigenvalue weighted by Crippen LogP contribution is -2.26. The van der Waals surface area contributed by atoms with E-state index >= 15 is 0 Å². The van der Waals surface area contributed by atoms with Crippen molar-refractivity contribution in [1.82, 2.24) is 0 Å². The van der Waals surface area contributed by atoms with Gasteiger partial charge < -0.3 is 0 Å². The zero-order valence-corrected chi connectivity index (χ0v) is 11.4. The van der Waals surface area contributed by atoms with E-state index in [-0.39, 0.29) is 0 Å². The van der Waals surface area contributed by atoms with Gasteiger partial charge >= 0.3 is 0 Å². The van der Waals surface area contributed by atoms with Crippen molar-refractivity contribution in [1.29, 1.82) is 0 Å². The smallest absolute Gasteiger partial charge is 0.0323 e. The normalized spacial score (nSPS) is 15.2. The van der Waals surface area contributed by atoms with Crippen molar-refractivity contribution in [2.24, 2.45) is 23.2 Å². The third-order valence-electron chi connectivity index (χ3n) is 3.29. The zero-order chi connectivity index (χ0) is 11.4. The SMILES string of the molecule is CCC(CC(C)C)C(C)(C)CC(C)C. The second-order valence-electron chi connectivity index (χ2n) is 6.32. The van der Waals surface area contributed by atoms with Gasteiger partial charge in [0.2, 0.25) is 0 Å². The molecule has 0 nitrogen and oxygen atoms in total. The highest BCUT2D eigenvalue weighted by Gasteiger charge is 2.29. The molecule has 14 heavy (non-hydrogen) atoms. The monoisotopic (exact) mass is 198 g/mol. The molecule has 0 aromatic rings. The van der Waals surface area contributed by atoms with Crippen molar-refractivity contribution < 1.29 is 0 Å². The van der Waals surface area contributed by atoms with E-state index in [4.69, 9.17) is 0 Å². The molecule has 0 bridgehead atoms. The lowest BCUT2D eigenvalue weighted by Gasteiger charge is -2.36. The maximum Gasteiger partial charge on any atom is -0.0323 e. The Hall–Kier alpha value is 0. The van der Waals surface area contributed by atoms with Crippen molar-refractivity contribution >= 4 is 0 Å². The summed E-state index contributed by atoms with van der Waals surface area (Å²) in [7, 11) is 0. The van der Waals surface area contributed by atoms with Crippen molar-refractivity contribution in [3.05, 3.63) is 0 Å². The van der Waals surface area contributed by atoms with E-state index in [0.717, 1.165) is 17.8 Å². The summed E-state index contributed by atoms with van der Waals surface area (Å²) in [5, 5.41) is 0. The maximum absolute atomic E-state index is 2.45. The molecule has 0 heteroatoms. The Morgan fingerprint density at radius 1 is 0.929 bits per heavy atom. The summed E-state index contributed by atoms with van der Waals surface area (Å²) in [6.07, 6.45) is 4.08. The average molecular weight is 198 g/mol. The first-order chi connectivity index (χ1) is 6.29. The highest BCUT2D eigenvalue weighted by Crippen LogP contribution is 2.39. The molecule has 0 aliphatic carbocycles. The Kier molecular flexibility index (Phi) is 5.78. The molecular weight excluding hydrogens is 168 g/mol. The predicted molar refractivity (Wildman–Crippen MR) is 66.5 cm³/mol. The van der Waals surface area contributed by atoms with Crippen molar-refractivity contribution in [3.8, 4) is 0 Å². The molecule has 0 aromatic carbocycles. The predicted octanol–water partition coefficient (Wildman–Crippen LogP) is 5.13. The molecule has 0 spiro atoms. The van der Waals surface area contributed by atoms with Gasteiger partial charge in [0.25, 0.3) is 0 Å². The molecule has 0 aliphatic rings. The third kappa shape index (κ3) is 5.02. The maximum atomic E-state index is 2.45. The highest BCUT2D eigenvalue weighted by atomic mass is 14.3. The Labute approximate surface area is 91.5 Å². The Bertz CT molecular complexity index is 142. The van der Waals surface area contributed by atoms with Crippen LogP contribution in [0.5, 0.6) is 0 Å². The van der Waals surface area contributed by atoms with E-state index in [0.29, 0.717) is 5.41 Å². The fourth-order valence-electron chi connectivity index (χ4n) is 2.83. The summed E-state index contributed by atoms with van der Waals surface area (Å²) in [6.45, 7) is 16.6. The molecule has 0 rings (SSSR count). The standard InChI is InChI=1S/C14H30/c1-8-13(9-11(2)3)14(6,7)10-12(4)5/h11-13H,8-10H2,1-7H3. The molecule has 86 valence electrons. The van der Waals surface area contributed by atoms with Gasteiger partial charge in [-0.25, -0.2) is 0 Å². The van der Waals surface area contributed by atoms with Crippen LogP contribution in [0.25, 0.3) is 0 Å². The van der Waals surface area contributed by atoms with Gasteiger partial charge in [-0.2, -0.15) is 0 Å². The van der Waals surface area contributed by atoms with E-state index in [1.165, 1.54) is 19.3 Å². The molecule has 0 saturated carbocycles. The first-order valence-electron chi connectivity index (χ1n) is 6.29. The van der Waals surface area contributed by atoms with Gasteiger partial charge in [-0.1, -0.05) is 54.9 Å². The molecular formula is C14H30. The summed E-state index contributed by atoms with van der Waals surface area (Å²) >= 11 is 0. The second-order valence-corrected chi connectivity index (χ2v) is 6.32. The van der Waals surface area contributed by atoms with Crippen LogP contribution >= 0.6 is 0 Å².